The smallest absolute Gasteiger partial charge is 0.0236 e. The first-order valence-electron chi connectivity index (χ1n) is 7.60. The van der Waals surface area contributed by atoms with E-state index < -0.39 is 0 Å². The summed E-state index contributed by atoms with van der Waals surface area (Å²) in [6.07, 6.45) is 5.01. The number of hydrogen-bond donors (Lipinski definition) is 1. The van der Waals surface area contributed by atoms with E-state index in [0.29, 0.717) is 5.41 Å². The van der Waals surface area contributed by atoms with Gasteiger partial charge in [0.1, 0.15) is 0 Å². The lowest BCUT2D eigenvalue weighted by molar-refractivity contribution is 0.239. The van der Waals surface area contributed by atoms with Crippen molar-refractivity contribution >= 4 is 0 Å². The molecular weight excluding hydrogens is 232 g/mol. The quantitative estimate of drug-likeness (QED) is 0.881. The van der Waals surface area contributed by atoms with Crippen molar-refractivity contribution in [2.45, 2.75) is 46.1 Å². The summed E-state index contributed by atoms with van der Waals surface area (Å²) in [7, 11) is 0. The normalized spacial score (nSPS) is 17.0. The maximum Gasteiger partial charge on any atom is 0.0236 e. The van der Waals surface area contributed by atoms with E-state index in [1.54, 1.807) is 5.56 Å². The Labute approximate surface area is 118 Å². The Bertz CT molecular complexity index is 398. The second-order valence-electron chi connectivity index (χ2n) is 6.62. The molecule has 0 saturated heterocycles. The average Bonchev–Trinajstić information content (AvgIpc) is 2.60. The van der Waals surface area contributed by atoms with Crippen LogP contribution in [0.25, 0.3) is 0 Å². The van der Waals surface area contributed by atoms with E-state index >= 15 is 0 Å². The van der Waals surface area contributed by atoms with Crippen LogP contribution in [0.4, 0.5) is 0 Å². The van der Waals surface area contributed by atoms with Crippen molar-refractivity contribution in [2.75, 3.05) is 19.6 Å². The standard InChI is InChI=1S/C17H28N2/c1-17(2,14-18)10-6-12-19-11-5-9-15-7-3-4-8-16(15)13-19/h3-4,7-8H,5-6,9-14,18H2,1-2H3. The van der Waals surface area contributed by atoms with E-state index in [2.05, 4.69) is 43.0 Å². The van der Waals surface area contributed by atoms with Gasteiger partial charge in [-0.1, -0.05) is 38.1 Å². The molecule has 0 amide bonds. The molecular formula is C17H28N2. The van der Waals surface area contributed by atoms with Gasteiger partial charge < -0.3 is 5.73 Å². The summed E-state index contributed by atoms with van der Waals surface area (Å²) in [5, 5.41) is 0. The van der Waals surface area contributed by atoms with Crippen LogP contribution in [-0.4, -0.2) is 24.5 Å². The number of rotatable bonds is 5. The molecule has 0 saturated carbocycles. The minimum absolute atomic E-state index is 0.295. The van der Waals surface area contributed by atoms with Crippen LogP contribution in [0.1, 0.15) is 44.2 Å². The van der Waals surface area contributed by atoms with Crippen LogP contribution < -0.4 is 5.73 Å². The van der Waals surface area contributed by atoms with Crippen molar-refractivity contribution in [3.8, 4) is 0 Å². The highest BCUT2D eigenvalue weighted by Gasteiger charge is 2.17. The molecule has 106 valence electrons. The van der Waals surface area contributed by atoms with Gasteiger partial charge in [0.2, 0.25) is 0 Å². The van der Waals surface area contributed by atoms with Gasteiger partial charge in [-0.3, -0.25) is 4.90 Å². The van der Waals surface area contributed by atoms with Crippen LogP contribution in [0.5, 0.6) is 0 Å². The molecule has 0 aromatic heterocycles. The highest BCUT2D eigenvalue weighted by atomic mass is 15.1. The zero-order valence-electron chi connectivity index (χ0n) is 12.5. The van der Waals surface area contributed by atoms with E-state index in [1.807, 2.05) is 0 Å². The SMILES string of the molecule is CC(C)(CN)CCCN1CCCc2ccccc2C1. The summed E-state index contributed by atoms with van der Waals surface area (Å²) in [6, 6.07) is 8.91. The molecule has 0 atom stereocenters. The first-order valence-corrected chi connectivity index (χ1v) is 7.60. The second kappa shape index (κ2) is 6.53. The largest absolute Gasteiger partial charge is 0.330 e. The van der Waals surface area contributed by atoms with Crippen LogP contribution in [0, 0.1) is 5.41 Å². The molecule has 0 aliphatic carbocycles. The topological polar surface area (TPSA) is 29.3 Å². The molecule has 0 fully saturated rings. The Kier molecular flexibility index (Phi) is 5.00. The third-order valence-corrected chi connectivity index (χ3v) is 4.31. The Hall–Kier alpha value is -0.860. The summed E-state index contributed by atoms with van der Waals surface area (Å²) < 4.78 is 0. The number of benzene rings is 1. The number of aryl methyl sites for hydroxylation is 1. The first-order chi connectivity index (χ1) is 9.11. The lowest BCUT2D eigenvalue weighted by Crippen LogP contribution is -2.28. The molecule has 19 heavy (non-hydrogen) atoms. The number of hydrogen-bond acceptors (Lipinski definition) is 2. The van der Waals surface area contributed by atoms with Gasteiger partial charge >= 0.3 is 0 Å². The van der Waals surface area contributed by atoms with Crippen LogP contribution in [-0.2, 0) is 13.0 Å². The van der Waals surface area contributed by atoms with Gasteiger partial charge in [0.05, 0.1) is 0 Å². The summed E-state index contributed by atoms with van der Waals surface area (Å²) in [5.41, 5.74) is 9.17. The monoisotopic (exact) mass is 260 g/mol. The fourth-order valence-corrected chi connectivity index (χ4v) is 2.84. The first kappa shape index (κ1) is 14.5. The number of nitrogens with two attached hydrogens (primary N) is 1. The van der Waals surface area contributed by atoms with Crippen molar-refractivity contribution < 1.29 is 0 Å². The molecule has 2 heteroatoms. The molecule has 0 unspecified atom stereocenters. The number of fused-ring (bicyclic) bond motifs is 1. The molecule has 1 heterocycles. The zero-order chi connectivity index (χ0) is 13.7. The molecule has 2 nitrogen and oxygen atoms in total. The van der Waals surface area contributed by atoms with E-state index in [9.17, 15) is 0 Å². The molecule has 0 bridgehead atoms. The van der Waals surface area contributed by atoms with Crippen LogP contribution in [0.15, 0.2) is 24.3 Å². The van der Waals surface area contributed by atoms with Crippen LogP contribution in [0.2, 0.25) is 0 Å². The van der Waals surface area contributed by atoms with Crippen LogP contribution in [0.3, 0.4) is 0 Å². The molecule has 1 aliphatic rings. The van der Waals surface area contributed by atoms with Crippen molar-refractivity contribution in [2.24, 2.45) is 11.1 Å². The highest BCUT2D eigenvalue weighted by molar-refractivity contribution is 5.27. The zero-order valence-corrected chi connectivity index (χ0v) is 12.5. The fraction of sp³-hybridized carbons (Fsp3) is 0.647. The Morgan fingerprint density at radius 3 is 2.68 bits per heavy atom. The Balaban J connectivity index is 1.86. The molecule has 1 aliphatic heterocycles. The van der Waals surface area contributed by atoms with Gasteiger partial charge in [-0.25, -0.2) is 0 Å². The van der Waals surface area contributed by atoms with Gasteiger partial charge in [0, 0.05) is 6.54 Å². The van der Waals surface area contributed by atoms with Crippen molar-refractivity contribution in [3.05, 3.63) is 35.4 Å². The summed E-state index contributed by atoms with van der Waals surface area (Å²) in [5.74, 6) is 0. The Morgan fingerprint density at radius 1 is 1.21 bits per heavy atom. The fourth-order valence-electron chi connectivity index (χ4n) is 2.84. The van der Waals surface area contributed by atoms with E-state index in [-0.39, 0.29) is 0 Å². The van der Waals surface area contributed by atoms with Crippen LogP contribution >= 0.6 is 0 Å². The van der Waals surface area contributed by atoms with Gasteiger partial charge in [0.25, 0.3) is 0 Å². The van der Waals surface area contributed by atoms with Gasteiger partial charge in [-0.15, -0.1) is 0 Å². The Morgan fingerprint density at radius 2 is 1.95 bits per heavy atom. The van der Waals surface area contributed by atoms with Gasteiger partial charge in [-0.2, -0.15) is 0 Å². The molecule has 2 N–H and O–H groups in total. The van der Waals surface area contributed by atoms with Gasteiger partial charge in [-0.05, 0) is 61.9 Å². The van der Waals surface area contributed by atoms with E-state index in [0.717, 1.165) is 13.1 Å². The summed E-state index contributed by atoms with van der Waals surface area (Å²) >= 11 is 0. The average molecular weight is 260 g/mol. The van der Waals surface area contributed by atoms with Crippen molar-refractivity contribution in [3.63, 3.8) is 0 Å². The third kappa shape index (κ3) is 4.32. The van der Waals surface area contributed by atoms with Crippen molar-refractivity contribution in [1.29, 1.82) is 0 Å². The summed E-state index contributed by atoms with van der Waals surface area (Å²) in [6.45, 7) is 8.89. The minimum Gasteiger partial charge on any atom is -0.330 e. The molecule has 1 aromatic rings. The molecule has 0 radical (unpaired) electrons. The minimum atomic E-state index is 0.295. The maximum absolute atomic E-state index is 5.80. The van der Waals surface area contributed by atoms with E-state index in [4.69, 9.17) is 5.73 Å². The predicted octanol–water partition coefficient (Wildman–Crippen LogP) is 3.20. The molecule has 2 rings (SSSR count). The molecule has 1 aromatic carbocycles. The number of nitrogens with zero attached hydrogens (tertiary/aromatic N) is 1. The lowest BCUT2D eigenvalue weighted by Gasteiger charge is -2.25. The van der Waals surface area contributed by atoms with Gasteiger partial charge in [0.15, 0.2) is 0 Å². The van der Waals surface area contributed by atoms with Crippen molar-refractivity contribution in [1.82, 2.24) is 4.90 Å². The summed E-state index contributed by atoms with van der Waals surface area (Å²) in [4.78, 5) is 2.61. The third-order valence-electron chi connectivity index (χ3n) is 4.31. The van der Waals surface area contributed by atoms with E-state index in [1.165, 1.54) is 44.3 Å². The molecule has 0 spiro atoms. The maximum atomic E-state index is 5.80. The second-order valence-corrected chi connectivity index (χ2v) is 6.62. The predicted molar refractivity (Wildman–Crippen MR) is 82.1 cm³/mol. The highest BCUT2D eigenvalue weighted by Crippen LogP contribution is 2.22. The lowest BCUT2D eigenvalue weighted by atomic mass is 9.88.